The molecule has 2 rings (SSSR count). The first-order valence-corrected chi connectivity index (χ1v) is 7.61. The molecule has 0 aliphatic heterocycles. The van der Waals surface area contributed by atoms with Crippen molar-refractivity contribution in [2.24, 2.45) is 7.05 Å². The lowest BCUT2D eigenvalue weighted by atomic mass is 10.2. The molecule has 108 valence electrons. The van der Waals surface area contributed by atoms with E-state index in [-0.39, 0.29) is 10.2 Å². The number of hydrogen-bond acceptors (Lipinski definition) is 2. The lowest BCUT2D eigenvalue weighted by molar-refractivity contribution is 0.580. The molecule has 0 atom stereocenters. The highest BCUT2D eigenvalue weighted by Crippen LogP contribution is 2.26. The summed E-state index contributed by atoms with van der Waals surface area (Å²) in [5.74, 6) is -1.25. The number of benzene rings is 1. The summed E-state index contributed by atoms with van der Waals surface area (Å²) < 4.78 is 29.7. The van der Waals surface area contributed by atoms with Crippen LogP contribution in [0.25, 0.3) is 0 Å². The Kier molecular flexibility index (Phi) is 4.80. The van der Waals surface area contributed by atoms with E-state index in [9.17, 15) is 8.78 Å². The van der Waals surface area contributed by atoms with Crippen LogP contribution in [-0.2, 0) is 20.0 Å². The zero-order valence-electron chi connectivity index (χ0n) is 11.0. The van der Waals surface area contributed by atoms with Crippen molar-refractivity contribution in [1.29, 1.82) is 0 Å². The van der Waals surface area contributed by atoms with Crippen molar-refractivity contribution in [3.8, 4) is 0 Å². The monoisotopic (exact) mass is 407 g/mol. The molecule has 0 fully saturated rings. The smallest absolute Gasteiger partial charge is 0.149 e. The van der Waals surface area contributed by atoms with Gasteiger partial charge in [-0.1, -0.05) is 6.92 Å². The summed E-state index contributed by atoms with van der Waals surface area (Å²) in [6.45, 7) is 2.40. The van der Waals surface area contributed by atoms with Crippen molar-refractivity contribution in [1.82, 2.24) is 9.78 Å². The Morgan fingerprint density at radius 1 is 1.25 bits per heavy atom. The van der Waals surface area contributed by atoms with Gasteiger partial charge in [-0.2, -0.15) is 5.10 Å². The predicted octanol–water partition coefficient (Wildman–Crippen LogP) is 4.40. The van der Waals surface area contributed by atoms with Gasteiger partial charge in [0.15, 0.2) is 0 Å². The van der Waals surface area contributed by atoms with Crippen LogP contribution < -0.4 is 5.32 Å². The van der Waals surface area contributed by atoms with Crippen LogP contribution in [0.4, 0.5) is 14.5 Å². The number of nitrogens with one attached hydrogen (secondary N) is 1. The third-order valence-electron chi connectivity index (χ3n) is 2.96. The number of halogens is 4. The lowest BCUT2D eigenvalue weighted by Gasteiger charge is -2.09. The fourth-order valence-corrected chi connectivity index (χ4v) is 2.95. The lowest BCUT2D eigenvalue weighted by Crippen LogP contribution is -2.07. The largest absolute Gasteiger partial charge is 0.377 e. The Hall–Kier alpha value is -0.950. The number of aryl methyl sites for hydroxylation is 2. The van der Waals surface area contributed by atoms with Crippen LogP contribution >= 0.6 is 31.9 Å². The first-order valence-electron chi connectivity index (χ1n) is 6.02. The maximum atomic E-state index is 13.6. The highest BCUT2D eigenvalue weighted by atomic mass is 79.9. The highest BCUT2D eigenvalue weighted by molar-refractivity contribution is 9.10. The maximum absolute atomic E-state index is 13.6. The van der Waals surface area contributed by atoms with Gasteiger partial charge >= 0.3 is 0 Å². The van der Waals surface area contributed by atoms with E-state index in [0.717, 1.165) is 28.3 Å². The minimum absolute atomic E-state index is 0.222. The second-order valence-corrected chi connectivity index (χ2v) is 5.93. The maximum Gasteiger partial charge on any atom is 0.149 e. The third kappa shape index (κ3) is 3.03. The Labute approximate surface area is 132 Å². The van der Waals surface area contributed by atoms with Crippen molar-refractivity contribution < 1.29 is 8.78 Å². The molecule has 0 aliphatic rings. The van der Waals surface area contributed by atoms with Crippen molar-refractivity contribution in [3.05, 3.63) is 44.1 Å². The van der Waals surface area contributed by atoms with E-state index < -0.39 is 11.6 Å². The van der Waals surface area contributed by atoms with Gasteiger partial charge in [-0.3, -0.25) is 4.68 Å². The molecule has 0 saturated carbocycles. The predicted molar refractivity (Wildman–Crippen MR) is 81.7 cm³/mol. The van der Waals surface area contributed by atoms with E-state index in [1.165, 1.54) is 6.07 Å². The van der Waals surface area contributed by atoms with E-state index in [4.69, 9.17) is 0 Å². The van der Waals surface area contributed by atoms with E-state index >= 15 is 0 Å². The molecule has 0 spiro atoms. The number of aromatic nitrogens is 2. The van der Waals surface area contributed by atoms with Gasteiger partial charge in [-0.05, 0) is 44.3 Å². The molecule has 20 heavy (non-hydrogen) atoms. The molecule has 3 nitrogen and oxygen atoms in total. The molecule has 1 N–H and O–H groups in total. The first-order chi connectivity index (χ1) is 9.43. The highest BCUT2D eigenvalue weighted by Gasteiger charge is 2.13. The molecule has 1 aromatic heterocycles. The van der Waals surface area contributed by atoms with Crippen LogP contribution in [-0.4, -0.2) is 9.78 Å². The zero-order valence-corrected chi connectivity index (χ0v) is 14.1. The molecule has 1 aromatic carbocycles. The quantitative estimate of drug-likeness (QED) is 0.760. The van der Waals surface area contributed by atoms with Gasteiger partial charge in [0.25, 0.3) is 0 Å². The normalized spacial score (nSPS) is 10.9. The van der Waals surface area contributed by atoms with Crippen LogP contribution in [0.15, 0.2) is 21.1 Å². The van der Waals surface area contributed by atoms with Gasteiger partial charge in [0.05, 0.1) is 32.6 Å². The number of rotatable bonds is 4. The summed E-state index contributed by atoms with van der Waals surface area (Å²) in [6, 6.07) is 2.23. The van der Waals surface area contributed by atoms with Crippen LogP contribution in [0, 0.1) is 11.6 Å². The van der Waals surface area contributed by atoms with Crippen molar-refractivity contribution in [3.63, 3.8) is 0 Å². The van der Waals surface area contributed by atoms with Gasteiger partial charge in [-0.25, -0.2) is 8.78 Å². The van der Waals surface area contributed by atoms with Gasteiger partial charge in [0.2, 0.25) is 0 Å². The molecular weight excluding hydrogens is 396 g/mol. The molecule has 0 unspecified atom stereocenters. The Balaban J connectivity index is 2.21. The summed E-state index contributed by atoms with van der Waals surface area (Å²) in [5.41, 5.74) is 2.09. The number of hydrogen-bond donors (Lipinski definition) is 1. The van der Waals surface area contributed by atoms with E-state index in [1.54, 1.807) is 4.68 Å². The van der Waals surface area contributed by atoms with Crippen molar-refractivity contribution in [2.45, 2.75) is 19.9 Å². The molecular formula is C13H13Br2F2N3. The van der Waals surface area contributed by atoms with Crippen LogP contribution in [0.3, 0.4) is 0 Å². The molecule has 0 radical (unpaired) electrons. The van der Waals surface area contributed by atoms with Crippen LogP contribution in [0.2, 0.25) is 0 Å². The van der Waals surface area contributed by atoms with Gasteiger partial charge in [0.1, 0.15) is 11.6 Å². The van der Waals surface area contributed by atoms with E-state index in [1.807, 2.05) is 14.0 Å². The SMILES string of the molecule is CCc1nn(C)c(CNc2cc(Br)c(F)cc2F)c1Br. The molecule has 7 heteroatoms. The van der Waals surface area contributed by atoms with E-state index in [2.05, 4.69) is 42.3 Å². The fourth-order valence-electron chi connectivity index (χ4n) is 1.85. The summed E-state index contributed by atoms with van der Waals surface area (Å²) in [5, 5.41) is 7.32. The molecule has 0 bridgehead atoms. The average molecular weight is 409 g/mol. The molecule has 0 saturated heterocycles. The summed E-state index contributed by atoms with van der Waals surface area (Å²) >= 11 is 6.54. The Bertz CT molecular complexity index is 641. The van der Waals surface area contributed by atoms with Crippen molar-refractivity contribution >= 4 is 37.5 Å². The van der Waals surface area contributed by atoms with Gasteiger partial charge in [0, 0.05) is 13.1 Å². The molecule has 2 aromatic rings. The molecule has 0 aliphatic carbocycles. The number of nitrogens with zero attached hydrogens (tertiary/aromatic N) is 2. The first kappa shape index (κ1) is 15.4. The van der Waals surface area contributed by atoms with Gasteiger partial charge in [-0.15, -0.1) is 0 Å². The second-order valence-electron chi connectivity index (χ2n) is 4.28. The fraction of sp³-hybridized carbons (Fsp3) is 0.308. The number of anilines is 1. The summed E-state index contributed by atoms with van der Waals surface area (Å²) in [7, 11) is 1.83. The minimum atomic E-state index is -0.625. The van der Waals surface area contributed by atoms with Crippen molar-refractivity contribution in [2.75, 3.05) is 5.32 Å². The average Bonchev–Trinajstić information content (AvgIpc) is 2.67. The summed E-state index contributed by atoms with van der Waals surface area (Å²) in [6.07, 6.45) is 0.810. The van der Waals surface area contributed by atoms with Crippen LogP contribution in [0.1, 0.15) is 18.3 Å². The Morgan fingerprint density at radius 2 is 1.95 bits per heavy atom. The second kappa shape index (κ2) is 6.22. The topological polar surface area (TPSA) is 29.9 Å². The summed E-state index contributed by atoms with van der Waals surface area (Å²) in [4.78, 5) is 0. The zero-order chi connectivity index (χ0) is 14.9. The molecule has 1 heterocycles. The van der Waals surface area contributed by atoms with Gasteiger partial charge < -0.3 is 5.32 Å². The minimum Gasteiger partial charge on any atom is -0.377 e. The van der Waals surface area contributed by atoms with E-state index in [0.29, 0.717) is 6.54 Å². The third-order valence-corrected chi connectivity index (χ3v) is 4.48. The molecule has 0 amide bonds. The standard InChI is InChI=1S/C13H13Br2F2N3/c1-3-10-13(15)12(20(2)19-10)6-18-11-4-7(14)8(16)5-9(11)17/h4-5,18H,3,6H2,1-2H3. The van der Waals surface area contributed by atoms with Crippen LogP contribution in [0.5, 0.6) is 0 Å². The Morgan fingerprint density at radius 3 is 2.55 bits per heavy atom.